The van der Waals surface area contributed by atoms with Crippen LogP contribution in [0.4, 0.5) is 4.39 Å². The molecule has 1 aliphatic heterocycles. The number of hydrogen-bond acceptors (Lipinski definition) is 2. The third-order valence-electron chi connectivity index (χ3n) is 5.10. The van der Waals surface area contributed by atoms with Gasteiger partial charge in [-0.3, -0.25) is 4.90 Å². The predicted molar refractivity (Wildman–Crippen MR) is 86.8 cm³/mol. The first kappa shape index (κ1) is 16.4. The van der Waals surface area contributed by atoms with Gasteiger partial charge in [0, 0.05) is 12.1 Å². The average Bonchev–Trinajstić information content (AvgIpc) is 2.73. The molecule has 3 heteroatoms. The van der Waals surface area contributed by atoms with Gasteiger partial charge in [-0.25, -0.2) is 4.39 Å². The lowest BCUT2D eigenvalue weighted by molar-refractivity contribution is 0.113. The van der Waals surface area contributed by atoms with Crippen LogP contribution in [0.3, 0.4) is 0 Å². The third-order valence-corrected chi connectivity index (χ3v) is 5.10. The molecule has 0 aliphatic carbocycles. The summed E-state index contributed by atoms with van der Waals surface area (Å²) in [4.78, 5) is 2.54. The number of nitrogens with zero attached hydrogens (tertiary/aromatic N) is 1. The van der Waals surface area contributed by atoms with E-state index in [0.717, 1.165) is 31.0 Å². The molecule has 1 fully saturated rings. The zero-order valence-electron chi connectivity index (χ0n) is 13.4. The Bertz CT molecular complexity index is 449. The van der Waals surface area contributed by atoms with Crippen molar-refractivity contribution in [3.63, 3.8) is 0 Å². The number of likely N-dealkylation sites (tertiary alicyclic amines) is 1. The summed E-state index contributed by atoms with van der Waals surface area (Å²) in [5.41, 5.74) is 7.07. The monoisotopic (exact) mass is 292 g/mol. The molecule has 2 rings (SSSR count). The highest BCUT2D eigenvalue weighted by Gasteiger charge is 2.32. The van der Waals surface area contributed by atoms with Crippen LogP contribution >= 0.6 is 0 Å². The normalized spacial score (nSPS) is 23.5. The second-order valence-electron chi connectivity index (χ2n) is 6.70. The number of nitrogens with two attached hydrogens (primary N) is 1. The summed E-state index contributed by atoms with van der Waals surface area (Å²) in [5.74, 6) is 0.694. The molecule has 1 heterocycles. The lowest BCUT2D eigenvalue weighted by Crippen LogP contribution is -2.53. The lowest BCUT2D eigenvalue weighted by atomic mass is 9.90. The van der Waals surface area contributed by atoms with Crippen LogP contribution in [0.25, 0.3) is 0 Å². The zero-order chi connectivity index (χ0) is 15.3. The molecular formula is C18H29FN2. The van der Waals surface area contributed by atoms with Crippen LogP contribution in [0.1, 0.15) is 45.1 Å². The van der Waals surface area contributed by atoms with Gasteiger partial charge >= 0.3 is 0 Å². The third kappa shape index (κ3) is 4.27. The zero-order valence-corrected chi connectivity index (χ0v) is 13.4. The first-order valence-corrected chi connectivity index (χ1v) is 8.27. The average molecular weight is 292 g/mol. The number of halogens is 1. The van der Waals surface area contributed by atoms with Crippen molar-refractivity contribution in [3.8, 4) is 0 Å². The minimum absolute atomic E-state index is 0.0730. The number of benzene rings is 1. The van der Waals surface area contributed by atoms with Gasteiger partial charge in [-0.15, -0.1) is 0 Å². The Morgan fingerprint density at radius 2 is 2.14 bits per heavy atom. The molecule has 0 saturated carbocycles. The Morgan fingerprint density at radius 3 is 2.81 bits per heavy atom. The standard InChI is InChI=1S/C18H29FN2/c1-3-15-7-5-10-21(11-9-15)18(2,14-20)13-16-6-4-8-17(19)12-16/h4,6,8,12,15H,3,5,7,9-11,13-14,20H2,1-2H3. The molecule has 0 radical (unpaired) electrons. The molecule has 0 spiro atoms. The summed E-state index contributed by atoms with van der Waals surface area (Å²) >= 11 is 0. The smallest absolute Gasteiger partial charge is 0.123 e. The van der Waals surface area contributed by atoms with E-state index in [1.807, 2.05) is 6.07 Å². The maximum absolute atomic E-state index is 13.4. The van der Waals surface area contributed by atoms with E-state index in [9.17, 15) is 4.39 Å². The SMILES string of the molecule is CCC1CCCN(C(C)(CN)Cc2cccc(F)c2)CC1. The molecule has 1 aromatic carbocycles. The molecule has 0 bridgehead atoms. The van der Waals surface area contributed by atoms with Gasteiger partial charge in [-0.2, -0.15) is 0 Å². The molecule has 2 N–H and O–H groups in total. The Hall–Kier alpha value is -0.930. The topological polar surface area (TPSA) is 29.3 Å². The van der Waals surface area contributed by atoms with Crippen molar-refractivity contribution in [2.75, 3.05) is 19.6 Å². The Balaban J connectivity index is 2.09. The summed E-state index contributed by atoms with van der Waals surface area (Å²) in [5, 5.41) is 0. The van der Waals surface area contributed by atoms with E-state index >= 15 is 0 Å². The van der Waals surface area contributed by atoms with Gasteiger partial charge in [0.1, 0.15) is 5.82 Å². The van der Waals surface area contributed by atoms with E-state index in [1.54, 1.807) is 12.1 Å². The molecular weight excluding hydrogens is 263 g/mol. The fourth-order valence-electron chi connectivity index (χ4n) is 3.51. The van der Waals surface area contributed by atoms with Gasteiger partial charge in [-0.1, -0.05) is 25.5 Å². The van der Waals surface area contributed by atoms with Crippen molar-refractivity contribution in [1.29, 1.82) is 0 Å². The van der Waals surface area contributed by atoms with Crippen LogP contribution in [0, 0.1) is 11.7 Å². The Kier molecular flexibility index (Phi) is 5.77. The Labute approximate surface area is 128 Å². The van der Waals surface area contributed by atoms with Gasteiger partial charge < -0.3 is 5.73 Å². The first-order chi connectivity index (χ1) is 10.1. The summed E-state index contributed by atoms with van der Waals surface area (Å²) in [7, 11) is 0. The van der Waals surface area contributed by atoms with Crippen LogP contribution in [0.15, 0.2) is 24.3 Å². The van der Waals surface area contributed by atoms with Crippen LogP contribution in [0.5, 0.6) is 0 Å². The molecule has 118 valence electrons. The first-order valence-electron chi connectivity index (χ1n) is 8.27. The molecule has 2 unspecified atom stereocenters. The highest BCUT2D eigenvalue weighted by molar-refractivity contribution is 5.19. The van der Waals surface area contributed by atoms with Crippen LogP contribution in [-0.4, -0.2) is 30.1 Å². The Morgan fingerprint density at radius 1 is 1.33 bits per heavy atom. The largest absolute Gasteiger partial charge is 0.329 e. The van der Waals surface area contributed by atoms with E-state index in [1.165, 1.54) is 31.7 Å². The molecule has 0 amide bonds. The molecule has 2 nitrogen and oxygen atoms in total. The van der Waals surface area contributed by atoms with Gasteiger partial charge in [0.2, 0.25) is 0 Å². The second-order valence-corrected chi connectivity index (χ2v) is 6.70. The highest BCUT2D eigenvalue weighted by Crippen LogP contribution is 2.27. The van der Waals surface area contributed by atoms with Crippen molar-refractivity contribution in [2.45, 2.75) is 51.5 Å². The predicted octanol–water partition coefficient (Wildman–Crippen LogP) is 3.60. The van der Waals surface area contributed by atoms with Gasteiger partial charge in [0.05, 0.1) is 0 Å². The minimum Gasteiger partial charge on any atom is -0.329 e. The fraction of sp³-hybridized carbons (Fsp3) is 0.667. The van der Waals surface area contributed by atoms with E-state index in [0.29, 0.717) is 6.54 Å². The fourth-order valence-corrected chi connectivity index (χ4v) is 3.51. The highest BCUT2D eigenvalue weighted by atomic mass is 19.1. The molecule has 1 saturated heterocycles. The quantitative estimate of drug-likeness (QED) is 0.898. The van der Waals surface area contributed by atoms with Crippen molar-refractivity contribution < 1.29 is 4.39 Å². The lowest BCUT2D eigenvalue weighted by Gasteiger charge is -2.40. The summed E-state index contributed by atoms with van der Waals surface area (Å²) in [6.45, 7) is 7.35. The summed E-state index contributed by atoms with van der Waals surface area (Å²) in [6.07, 6.45) is 5.93. The van der Waals surface area contributed by atoms with E-state index < -0.39 is 0 Å². The second kappa shape index (κ2) is 7.37. The maximum Gasteiger partial charge on any atom is 0.123 e. The number of rotatable bonds is 5. The van der Waals surface area contributed by atoms with Gasteiger partial charge in [0.25, 0.3) is 0 Å². The molecule has 21 heavy (non-hydrogen) atoms. The minimum atomic E-state index is -0.159. The molecule has 1 aliphatic rings. The van der Waals surface area contributed by atoms with Gasteiger partial charge in [0.15, 0.2) is 0 Å². The van der Waals surface area contributed by atoms with Crippen LogP contribution in [0.2, 0.25) is 0 Å². The van der Waals surface area contributed by atoms with Gasteiger partial charge in [-0.05, 0) is 69.3 Å². The van der Waals surface area contributed by atoms with E-state index in [4.69, 9.17) is 5.73 Å². The summed E-state index contributed by atoms with van der Waals surface area (Å²) in [6, 6.07) is 6.93. The van der Waals surface area contributed by atoms with Crippen molar-refractivity contribution in [3.05, 3.63) is 35.6 Å². The maximum atomic E-state index is 13.4. The van der Waals surface area contributed by atoms with E-state index in [-0.39, 0.29) is 11.4 Å². The number of hydrogen-bond donors (Lipinski definition) is 1. The summed E-state index contributed by atoms with van der Waals surface area (Å²) < 4.78 is 13.4. The molecule has 1 aromatic rings. The molecule has 2 atom stereocenters. The van der Waals surface area contributed by atoms with Crippen molar-refractivity contribution >= 4 is 0 Å². The van der Waals surface area contributed by atoms with Crippen molar-refractivity contribution in [2.24, 2.45) is 11.7 Å². The van der Waals surface area contributed by atoms with E-state index in [2.05, 4.69) is 18.7 Å². The van der Waals surface area contributed by atoms with Crippen LogP contribution < -0.4 is 5.73 Å². The van der Waals surface area contributed by atoms with Crippen LogP contribution in [-0.2, 0) is 6.42 Å². The molecule has 0 aromatic heterocycles. The van der Waals surface area contributed by atoms with Crippen molar-refractivity contribution in [1.82, 2.24) is 4.90 Å².